The molecule has 3 unspecified atom stereocenters. The number of Topliss-reactive ketones (excluding diaryl/α,β-unsaturated/α-hetero) is 1. The minimum Gasteiger partial charge on any atom is -0.368 e. The van der Waals surface area contributed by atoms with Crippen molar-refractivity contribution in [3.8, 4) is 0 Å². The quantitative estimate of drug-likeness (QED) is 0.719. The molecule has 15 heavy (non-hydrogen) atoms. The fourth-order valence-corrected chi connectivity index (χ4v) is 2.99. The van der Waals surface area contributed by atoms with Crippen molar-refractivity contribution in [1.82, 2.24) is 4.90 Å². The molecule has 1 amide bonds. The molecular formula is C11H18N2O2. The topological polar surface area (TPSA) is 63.4 Å². The molecule has 2 saturated heterocycles. The molecule has 3 atom stereocenters. The van der Waals surface area contributed by atoms with Crippen LogP contribution in [0.1, 0.15) is 39.0 Å². The average molecular weight is 210 g/mol. The van der Waals surface area contributed by atoms with Crippen molar-refractivity contribution in [1.29, 1.82) is 0 Å². The summed E-state index contributed by atoms with van der Waals surface area (Å²) in [6, 6.07) is 0.286. The van der Waals surface area contributed by atoms with E-state index in [0.717, 1.165) is 12.8 Å². The molecule has 0 aliphatic carbocycles. The van der Waals surface area contributed by atoms with Crippen molar-refractivity contribution >= 4 is 11.7 Å². The predicted molar refractivity (Wildman–Crippen MR) is 56.2 cm³/mol. The molecule has 84 valence electrons. The summed E-state index contributed by atoms with van der Waals surface area (Å²) < 4.78 is 0. The van der Waals surface area contributed by atoms with E-state index in [1.165, 1.54) is 6.42 Å². The van der Waals surface area contributed by atoms with Crippen LogP contribution in [0.25, 0.3) is 0 Å². The maximum atomic E-state index is 11.5. The van der Waals surface area contributed by atoms with E-state index in [0.29, 0.717) is 18.6 Å². The Bertz CT molecular complexity index is 274. The van der Waals surface area contributed by atoms with Crippen LogP contribution in [-0.2, 0) is 9.59 Å². The van der Waals surface area contributed by atoms with Crippen LogP contribution in [0.4, 0.5) is 0 Å². The Labute approximate surface area is 89.8 Å². The van der Waals surface area contributed by atoms with Crippen LogP contribution in [0.3, 0.4) is 0 Å². The highest BCUT2D eigenvalue weighted by Gasteiger charge is 2.41. The van der Waals surface area contributed by atoms with Gasteiger partial charge in [0.2, 0.25) is 5.91 Å². The van der Waals surface area contributed by atoms with Gasteiger partial charge in [-0.1, -0.05) is 6.42 Å². The van der Waals surface area contributed by atoms with E-state index < -0.39 is 0 Å². The zero-order valence-corrected chi connectivity index (χ0v) is 9.11. The molecule has 2 fully saturated rings. The van der Waals surface area contributed by atoms with E-state index in [2.05, 4.69) is 4.90 Å². The zero-order valence-electron chi connectivity index (χ0n) is 9.11. The third-order valence-corrected chi connectivity index (χ3v) is 3.70. The molecule has 0 aromatic rings. The number of hydrogen-bond acceptors (Lipinski definition) is 3. The van der Waals surface area contributed by atoms with E-state index in [1.54, 1.807) is 0 Å². The van der Waals surface area contributed by atoms with Gasteiger partial charge in [0.15, 0.2) is 0 Å². The molecule has 0 aromatic carbocycles. The molecule has 2 N–H and O–H groups in total. The SMILES string of the molecule is CC(C(N)=O)N1C2CCCC1CC(=O)C2. The van der Waals surface area contributed by atoms with Crippen molar-refractivity contribution in [2.45, 2.75) is 57.2 Å². The number of nitrogens with two attached hydrogens (primary N) is 1. The molecule has 4 heteroatoms. The van der Waals surface area contributed by atoms with Gasteiger partial charge >= 0.3 is 0 Å². The number of rotatable bonds is 2. The summed E-state index contributed by atoms with van der Waals surface area (Å²) in [5.74, 6) is 0.0684. The molecule has 4 nitrogen and oxygen atoms in total. The van der Waals surface area contributed by atoms with Crippen LogP contribution >= 0.6 is 0 Å². The molecule has 2 aliphatic rings. The molecule has 0 spiro atoms. The summed E-state index contributed by atoms with van der Waals surface area (Å²) in [5.41, 5.74) is 5.34. The van der Waals surface area contributed by atoms with Gasteiger partial charge in [0.05, 0.1) is 6.04 Å². The van der Waals surface area contributed by atoms with E-state index in [9.17, 15) is 9.59 Å². The van der Waals surface area contributed by atoms with Crippen LogP contribution in [0, 0.1) is 0 Å². The van der Waals surface area contributed by atoms with Gasteiger partial charge in [-0.25, -0.2) is 0 Å². The first-order valence-electron chi connectivity index (χ1n) is 5.68. The van der Waals surface area contributed by atoms with Gasteiger partial charge in [0.25, 0.3) is 0 Å². The molecule has 2 aliphatic heterocycles. The summed E-state index contributed by atoms with van der Waals surface area (Å²) in [4.78, 5) is 24.9. The monoisotopic (exact) mass is 210 g/mol. The van der Waals surface area contributed by atoms with Crippen LogP contribution in [0.15, 0.2) is 0 Å². The average Bonchev–Trinajstić information content (AvgIpc) is 2.15. The minimum absolute atomic E-state index is 0.228. The number of fused-ring (bicyclic) bond motifs is 2. The summed E-state index contributed by atoms with van der Waals surface area (Å²) >= 11 is 0. The van der Waals surface area contributed by atoms with Gasteiger partial charge < -0.3 is 5.73 Å². The molecule has 0 radical (unpaired) electrons. The summed E-state index contributed by atoms with van der Waals surface area (Å²) in [6.07, 6.45) is 4.44. The minimum atomic E-state index is -0.277. The molecule has 0 aromatic heterocycles. The second-order valence-electron chi connectivity index (χ2n) is 4.71. The highest BCUT2D eigenvalue weighted by atomic mass is 16.1. The Kier molecular flexibility index (Phi) is 2.78. The third-order valence-electron chi connectivity index (χ3n) is 3.70. The number of amides is 1. The van der Waals surface area contributed by atoms with Gasteiger partial charge in [0.1, 0.15) is 5.78 Å². The molecular weight excluding hydrogens is 192 g/mol. The molecule has 2 bridgehead atoms. The van der Waals surface area contributed by atoms with E-state index in [1.807, 2.05) is 6.92 Å². The highest BCUT2D eigenvalue weighted by molar-refractivity contribution is 5.82. The second-order valence-corrected chi connectivity index (χ2v) is 4.71. The first kappa shape index (κ1) is 10.6. The lowest BCUT2D eigenvalue weighted by Gasteiger charge is -2.47. The maximum absolute atomic E-state index is 11.5. The Hall–Kier alpha value is -0.900. The Morgan fingerprint density at radius 2 is 1.93 bits per heavy atom. The third kappa shape index (κ3) is 1.91. The standard InChI is InChI=1S/C11H18N2O2/c1-7(11(12)15)13-8-3-2-4-9(13)6-10(14)5-8/h7-9H,2-6H2,1H3,(H2,12,15). The Morgan fingerprint density at radius 3 is 2.40 bits per heavy atom. The number of hydrogen-bond donors (Lipinski definition) is 1. The molecule has 2 heterocycles. The van der Waals surface area contributed by atoms with Gasteiger partial charge in [-0.15, -0.1) is 0 Å². The fraction of sp³-hybridized carbons (Fsp3) is 0.818. The summed E-state index contributed by atoms with van der Waals surface area (Å²) in [7, 11) is 0. The number of carbonyl (C=O) groups is 2. The lowest BCUT2D eigenvalue weighted by atomic mass is 9.82. The van der Waals surface area contributed by atoms with Crippen molar-refractivity contribution in [3.05, 3.63) is 0 Å². The van der Waals surface area contributed by atoms with Crippen LogP contribution in [0.2, 0.25) is 0 Å². The summed E-state index contributed by atoms with van der Waals surface area (Å²) in [6.45, 7) is 1.85. The number of primary amides is 1. The van der Waals surface area contributed by atoms with Crippen molar-refractivity contribution in [3.63, 3.8) is 0 Å². The van der Waals surface area contributed by atoms with Gasteiger partial charge in [0, 0.05) is 24.9 Å². The van der Waals surface area contributed by atoms with Gasteiger partial charge in [-0.05, 0) is 19.8 Å². The lowest BCUT2D eigenvalue weighted by molar-refractivity contribution is -0.135. The van der Waals surface area contributed by atoms with E-state index >= 15 is 0 Å². The number of ketones is 1. The van der Waals surface area contributed by atoms with Gasteiger partial charge in [-0.2, -0.15) is 0 Å². The largest absolute Gasteiger partial charge is 0.368 e. The molecule has 2 rings (SSSR count). The predicted octanol–water partition coefficient (Wildman–Crippen LogP) is 0.446. The first-order chi connectivity index (χ1) is 7.09. The highest BCUT2D eigenvalue weighted by Crippen LogP contribution is 2.33. The Morgan fingerprint density at radius 1 is 1.40 bits per heavy atom. The van der Waals surface area contributed by atoms with E-state index in [-0.39, 0.29) is 24.0 Å². The zero-order chi connectivity index (χ0) is 11.0. The number of carbonyl (C=O) groups excluding carboxylic acids is 2. The Balaban J connectivity index is 2.17. The van der Waals surface area contributed by atoms with Crippen molar-refractivity contribution in [2.75, 3.05) is 0 Å². The van der Waals surface area contributed by atoms with E-state index in [4.69, 9.17) is 5.73 Å². The second kappa shape index (κ2) is 3.93. The summed E-state index contributed by atoms with van der Waals surface area (Å²) in [5, 5.41) is 0. The van der Waals surface area contributed by atoms with Crippen molar-refractivity contribution in [2.24, 2.45) is 5.73 Å². The number of nitrogens with zero attached hydrogens (tertiary/aromatic N) is 1. The number of piperidine rings is 2. The normalized spacial score (nSPS) is 33.8. The van der Waals surface area contributed by atoms with Crippen LogP contribution < -0.4 is 5.73 Å². The fourth-order valence-electron chi connectivity index (χ4n) is 2.99. The van der Waals surface area contributed by atoms with Crippen LogP contribution in [0.5, 0.6) is 0 Å². The smallest absolute Gasteiger partial charge is 0.234 e. The lowest BCUT2D eigenvalue weighted by Crippen LogP contribution is -2.58. The van der Waals surface area contributed by atoms with Crippen molar-refractivity contribution < 1.29 is 9.59 Å². The first-order valence-corrected chi connectivity index (χ1v) is 5.68. The molecule has 0 saturated carbocycles. The van der Waals surface area contributed by atoms with Crippen LogP contribution in [-0.4, -0.2) is 34.7 Å². The van der Waals surface area contributed by atoms with Gasteiger partial charge in [-0.3, -0.25) is 14.5 Å². The maximum Gasteiger partial charge on any atom is 0.234 e.